The Balaban J connectivity index is 1.65. The summed E-state index contributed by atoms with van der Waals surface area (Å²) >= 11 is 0. The number of hydrogen-bond acceptors (Lipinski definition) is 0. The molecule has 0 aromatic heterocycles. The zero-order chi connectivity index (χ0) is 14.8. The molecule has 0 N–H and O–H groups in total. The summed E-state index contributed by atoms with van der Waals surface area (Å²) < 4.78 is 0. The van der Waals surface area contributed by atoms with Gasteiger partial charge in [-0.25, -0.2) is 0 Å². The van der Waals surface area contributed by atoms with Crippen LogP contribution < -0.4 is 0 Å². The SMILES string of the molecule is [B]C1CCCCCCC1C[B][B]C1CCCCCCCC1. The van der Waals surface area contributed by atoms with E-state index in [2.05, 4.69) is 14.3 Å². The van der Waals surface area contributed by atoms with Gasteiger partial charge in [0, 0.05) is 0 Å². The Hall–Kier alpha value is 0.195. The van der Waals surface area contributed by atoms with Crippen LogP contribution in [0.25, 0.3) is 0 Å². The summed E-state index contributed by atoms with van der Waals surface area (Å²) in [4.78, 5) is 0. The third-order valence-corrected chi connectivity index (χ3v) is 5.71. The zero-order valence-corrected chi connectivity index (χ0v) is 14.1. The Morgan fingerprint density at radius 1 is 0.667 bits per heavy atom. The van der Waals surface area contributed by atoms with Crippen LogP contribution in [0.4, 0.5) is 0 Å². The molecule has 4 radical (unpaired) electrons. The predicted octanol–water partition coefficient (Wildman–Crippen LogP) is 5.58. The van der Waals surface area contributed by atoms with E-state index in [9.17, 15) is 0 Å². The first kappa shape index (κ1) is 17.5. The highest BCUT2D eigenvalue weighted by Gasteiger charge is 2.19. The highest BCUT2D eigenvalue weighted by atomic mass is 14.2. The Kier molecular flexibility index (Phi) is 9.06. The lowest BCUT2D eigenvalue weighted by Gasteiger charge is -2.27. The molecule has 0 heterocycles. The van der Waals surface area contributed by atoms with Gasteiger partial charge in [-0.05, 0) is 0 Å². The molecule has 0 amide bonds. The second kappa shape index (κ2) is 10.8. The van der Waals surface area contributed by atoms with E-state index in [-0.39, 0.29) is 0 Å². The van der Waals surface area contributed by atoms with Crippen LogP contribution in [0, 0.1) is 5.92 Å². The third kappa shape index (κ3) is 7.33. The summed E-state index contributed by atoms with van der Waals surface area (Å²) in [6.45, 7) is 0. The first-order valence-corrected chi connectivity index (χ1v) is 9.78. The monoisotopic (exact) mass is 282 g/mol. The van der Waals surface area contributed by atoms with Crippen molar-refractivity contribution in [1.29, 1.82) is 0 Å². The van der Waals surface area contributed by atoms with Crippen LogP contribution in [-0.4, -0.2) is 22.2 Å². The second-order valence-corrected chi connectivity index (χ2v) is 7.54. The van der Waals surface area contributed by atoms with Crippen molar-refractivity contribution >= 4 is 22.2 Å². The van der Waals surface area contributed by atoms with Crippen molar-refractivity contribution in [3.05, 3.63) is 0 Å². The van der Waals surface area contributed by atoms with Gasteiger partial charge in [0.25, 0.3) is 0 Å². The first-order valence-electron chi connectivity index (χ1n) is 9.78. The molecule has 0 aliphatic heterocycles. The molecule has 0 aromatic carbocycles. The molecule has 21 heavy (non-hydrogen) atoms. The first-order chi connectivity index (χ1) is 10.4. The maximum Gasteiger partial charge on any atom is 0.0702 e. The number of hydrogen-bond donors (Lipinski definition) is 0. The Morgan fingerprint density at radius 3 is 1.86 bits per heavy atom. The fourth-order valence-corrected chi connectivity index (χ4v) is 4.19. The molecule has 0 nitrogen and oxygen atoms in total. The molecule has 0 spiro atoms. The molecule has 2 aliphatic carbocycles. The predicted molar refractivity (Wildman–Crippen MR) is 97.7 cm³/mol. The average Bonchev–Trinajstić information content (AvgIpc) is 2.60. The largest absolute Gasteiger partial charge is 0.0863 e. The molecule has 2 aliphatic rings. The summed E-state index contributed by atoms with van der Waals surface area (Å²) in [6.07, 6.45) is 21.0. The van der Waals surface area contributed by atoms with Gasteiger partial charge < -0.3 is 0 Å². The van der Waals surface area contributed by atoms with Gasteiger partial charge in [0.1, 0.15) is 0 Å². The lowest BCUT2D eigenvalue weighted by Crippen LogP contribution is -2.19. The second-order valence-electron chi connectivity index (χ2n) is 7.54. The quantitative estimate of drug-likeness (QED) is 0.590. The lowest BCUT2D eigenvalue weighted by molar-refractivity contribution is 0.404. The molecular weight excluding hydrogens is 249 g/mol. The van der Waals surface area contributed by atoms with E-state index in [0.29, 0.717) is 5.82 Å². The highest BCUT2D eigenvalue weighted by molar-refractivity contribution is 7.01. The van der Waals surface area contributed by atoms with Crippen molar-refractivity contribution < 1.29 is 0 Å². The molecule has 3 heteroatoms. The Morgan fingerprint density at radius 2 is 1.19 bits per heavy atom. The fraction of sp³-hybridized carbons (Fsp3) is 1.00. The fourth-order valence-electron chi connectivity index (χ4n) is 4.19. The van der Waals surface area contributed by atoms with Gasteiger partial charge in [0.2, 0.25) is 0 Å². The average molecular weight is 282 g/mol. The summed E-state index contributed by atoms with van der Waals surface area (Å²) in [5.74, 6) is 2.06. The van der Waals surface area contributed by atoms with Gasteiger partial charge in [-0.1, -0.05) is 114 Å². The molecule has 2 fully saturated rings. The van der Waals surface area contributed by atoms with Gasteiger partial charge in [-0.2, -0.15) is 0 Å². The standard InChI is InChI=1S/C18H33B3/c19-18-14-10-6-5-7-11-16(18)15-20-21-17-12-8-3-1-2-4-9-13-17/h16-18H,1-15H2. The molecular formula is C18H33B3. The third-order valence-electron chi connectivity index (χ3n) is 5.71. The van der Waals surface area contributed by atoms with E-state index in [1.807, 2.05) is 0 Å². The van der Waals surface area contributed by atoms with Gasteiger partial charge in [-0.3, -0.25) is 0 Å². The summed E-state index contributed by atoms with van der Waals surface area (Å²) in [7, 11) is 11.4. The molecule has 2 unspecified atom stereocenters. The molecule has 0 saturated heterocycles. The molecule has 2 rings (SSSR count). The van der Waals surface area contributed by atoms with Crippen LogP contribution in [-0.2, 0) is 0 Å². The van der Waals surface area contributed by atoms with Gasteiger partial charge in [-0.15, -0.1) is 0 Å². The maximum absolute atomic E-state index is 6.40. The van der Waals surface area contributed by atoms with E-state index in [0.717, 1.165) is 11.7 Å². The minimum atomic E-state index is 0.454. The molecule has 114 valence electrons. The Labute approximate surface area is 136 Å². The summed E-state index contributed by atoms with van der Waals surface area (Å²) in [6, 6.07) is 0. The van der Waals surface area contributed by atoms with Crippen molar-refractivity contribution in [2.45, 2.75) is 108 Å². The van der Waals surface area contributed by atoms with Gasteiger partial charge >= 0.3 is 0 Å². The minimum absolute atomic E-state index is 0.454. The van der Waals surface area contributed by atoms with Crippen LogP contribution in [0.1, 0.15) is 89.9 Å². The van der Waals surface area contributed by atoms with Crippen molar-refractivity contribution in [3.63, 3.8) is 0 Å². The maximum atomic E-state index is 6.40. The van der Waals surface area contributed by atoms with E-state index in [4.69, 9.17) is 7.85 Å². The molecule has 2 atom stereocenters. The van der Waals surface area contributed by atoms with E-state index in [1.165, 1.54) is 96.2 Å². The van der Waals surface area contributed by atoms with Crippen LogP contribution in [0.15, 0.2) is 0 Å². The number of rotatable bonds is 4. The summed E-state index contributed by atoms with van der Waals surface area (Å²) in [5, 5.41) is 0. The lowest BCUT2D eigenvalue weighted by atomic mass is 9.30. The van der Waals surface area contributed by atoms with Crippen molar-refractivity contribution in [3.8, 4) is 0 Å². The van der Waals surface area contributed by atoms with E-state index >= 15 is 0 Å². The molecule has 0 aromatic rings. The van der Waals surface area contributed by atoms with E-state index in [1.54, 1.807) is 0 Å². The normalized spacial score (nSPS) is 30.3. The van der Waals surface area contributed by atoms with Crippen LogP contribution in [0.2, 0.25) is 18.0 Å². The van der Waals surface area contributed by atoms with Crippen LogP contribution >= 0.6 is 0 Å². The Bertz CT molecular complexity index is 247. The van der Waals surface area contributed by atoms with E-state index < -0.39 is 0 Å². The van der Waals surface area contributed by atoms with Crippen molar-refractivity contribution in [2.24, 2.45) is 5.92 Å². The molecule has 2 saturated carbocycles. The highest BCUT2D eigenvalue weighted by Crippen LogP contribution is 2.33. The molecule has 0 bridgehead atoms. The van der Waals surface area contributed by atoms with Crippen LogP contribution in [0.3, 0.4) is 0 Å². The van der Waals surface area contributed by atoms with Gasteiger partial charge in [0.05, 0.1) is 22.2 Å². The summed E-state index contributed by atoms with van der Waals surface area (Å²) in [5.41, 5.74) is 0. The van der Waals surface area contributed by atoms with Gasteiger partial charge in [0.15, 0.2) is 0 Å². The minimum Gasteiger partial charge on any atom is -0.0863 e. The van der Waals surface area contributed by atoms with Crippen molar-refractivity contribution in [2.75, 3.05) is 0 Å². The smallest absolute Gasteiger partial charge is 0.0702 e. The topological polar surface area (TPSA) is 0 Å². The zero-order valence-electron chi connectivity index (χ0n) is 14.1. The van der Waals surface area contributed by atoms with Crippen molar-refractivity contribution in [1.82, 2.24) is 0 Å². The van der Waals surface area contributed by atoms with Crippen LogP contribution in [0.5, 0.6) is 0 Å².